The number of fused-ring (bicyclic) bond motifs is 1. The van der Waals surface area contributed by atoms with Crippen LogP contribution in [-0.4, -0.2) is 39.0 Å². The lowest BCUT2D eigenvalue weighted by molar-refractivity contribution is -0.121. The number of aromatic nitrogens is 2. The molecule has 4 aromatic rings. The minimum absolute atomic E-state index is 0.0673. The number of carbonyl (C=O) groups is 1. The number of para-hydroxylation sites is 2. The number of aromatic hydroxyl groups is 1. The SMILES string of the molecule is O=C(Nc1ccccc1O)C1CCN(Cc2nc3sc(-c4ccccc4)cc3c(=O)[nH]2)CC1. The van der Waals surface area contributed by atoms with Crippen molar-refractivity contribution in [1.29, 1.82) is 0 Å². The number of nitrogens with one attached hydrogen (secondary N) is 2. The van der Waals surface area contributed by atoms with Crippen molar-refractivity contribution in [3.05, 3.63) is 76.8 Å². The summed E-state index contributed by atoms with van der Waals surface area (Å²) >= 11 is 1.52. The number of hydrogen-bond acceptors (Lipinski definition) is 6. The summed E-state index contributed by atoms with van der Waals surface area (Å²) in [7, 11) is 0. The number of thiophene rings is 1. The first-order valence-electron chi connectivity index (χ1n) is 11.0. The molecule has 0 atom stereocenters. The summed E-state index contributed by atoms with van der Waals surface area (Å²) in [5, 5.41) is 13.3. The van der Waals surface area contributed by atoms with Crippen LogP contribution in [0, 0.1) is 5.92 Å². The Hall–Kier alpha value is -3.49. The van der Waals surface area contributed by atoms with Gasteiger partial charge in [-0.05, 0) is 49.7 Å². The van der Waals surface area contributed by atoms with Crippen LogP contribution in [0.4, 0.5) is 5.69 Å². The molecule has 0 radical (unpaired) electrons. The molecule has 1 fully saturated rings. The van der Waals surface area contributed by atoms with Crippen LogP contribution in [0.1, 0.15) is 18.7 Å². The van der Waals surface area contributed by atoms with E-state index in [1.807, 2.05) is 36.4 Å². The van der Waals surface area contributed by atoms with E-state index in [0.717, 1.165) is 28.4 Å². The summed E-state index contributed by atoms with van der Waals surface area (Å²) in [6.45, 7) is 2.01. The number of phenols is 1. The lowest BCUT2D eigenvalue weighted by Gasteiger charge is -2.30. The molecule has 3 N–H and O–H groups in total. The molecule has 7 nitrogen and oxygen atoms in total. The molecule has 3 heterocycles. The van der Waals surface area contributed by atoms with E-state index < -0.39 is 0 Å². The number of rotatable bonds is 5. The Labute approximate surface area is 194 Å². The van der Waals surface area contributed by atoms with Crippen molar-refractivity contribution >= 4 is 33.1 Å². The normalized spacial score (nSPS) is 15.0. The molecule has 0 spiro atoms. The third kappa shape index (κ3) is 4.67. The van der Waals surface area contributed by atoms with Crippen molar-refractivity contribution < 1.29 is 9.90 Å². The minimum atomic E-state index is -0.120. The van der Waals surface area contributed by atoms with E-state index >= 15 is 0 Å². The van der Waals surface area contributed by atoms with E-state index in [9.17, 15) is 14.7 Å². The molecule has 0 bridgehead atoms. The van der Waals surface area contributed by atoms with Gasteiger partial charge in [-0.3, -0.25) is 14.5 Å². The summed E-state index contributed by atoms with van der Waals surface area (Å²) < 4.78 is 0. The fourth-order valence-electron chi connectivity index (χ4n) is 4.17. The maximum Gasteiger partial charge on any atom is 0.259 e. The zero-order valence-electron chi connectivity index (χ0n) is 18.0. The molecule has 33 heavy (non-hydrogen) atoms. The number of hydrogen-bond donors (Lipinski definition) is 3. The molecule has 2 aromatic carbocycles. The van der Waals surface area contributed by atoms with Gasteiger partial charge in [0.25, 0.3) is 5.56 Å². The van der Waals surface area contributed by atoms with Crippen LogP contribution < -0.4 is 10.9 Å². The van der Waals surface area contributed by atoms with Crippen LogP contribution in [0.2, 0.25) is 0 Å². The Kier molecular flexibility index (Phi) is 5.93. The lowest BCUT2D eigenvalue weighted by atomic mass is 9.95. The Morgan fingerprint density at radius 3 is 2.61 bits per heavy atom. The third-order valence-electron chi connectivity index (χ3n) is 6.00. The van der Waals surface area contributed by atoms with Gasteiger partial charge in [0, 0.05) is 10.8 Å². The Morgan fingerprint density at radius 2 is 1.85 bits per heavy atom. The molecular formula is C25H24N4O3S. The second-order valence-corrected chi connectivity index (χ2v) is 9.30. The van der Waals surface area contributed by atoms with E-state index in [1.165, 1.54) is 11.3 Å². The van der Waals surface area contributed by atoms with Crippen molar-refractivity contribution in [3.8, 4) is 16.2 Å². The number of piperidine rings is 1. The number of H-pyrrole nitrogens is 1. The van der Waals surface area contributed by atoms with Gasteiger partial charge >= 0.3 is 0 Å². The number of nitrogens with zero attached hydrogens (tertiary/aromatic N) is 2. The number of aromatic amines is 1. The van der Waals surface area contributed by atoms with Gasteiger partial charge in [0.15, 0.2) is 0 Å². The highest BCUT2D eigenvalue weighted by atomic mass is 32.1. The molecule has 8 heteroatoms. The minimum Gasteiger partial charge on any atom is -0.506 e. The van der Waals surface area contributed by atoms with Crippen molar-refractivity contribution in [1.82, 2.24) is 14.9 Å². The van der Waals surface area contributed by atoms with Gasteiger partial charge in [-0.1, -0.05) is 42.5 Å². The monoisotopic (exact) mass is 460 g/mol. The second-order valence-electron chi connectivity index (χ2n) is 8.26. The molecule has 1 saturated heterocycles. The molecule has 2 aromatic heterocycles. The molecule has 1 amide bonds. The fraction of sp³-hybridized carbons (Fsp3) is 0.240. The number of amides is 1. The van der Waals surface area contributed by atoms with Crippen LogP contribution in [0.5, 0.6) is 5.75 Å². The smallest absolute Gasteiger partial charge is 0.259 e. The van der Waals surface area contributed by atoms with Gasteiger partial charge in [-0.2, -0.15) is 0 Å². The van der Waals surface area contributed by atoms with Crippen molar-refractivity contribution in [3.63, 3.8) is 0 Å². The molecular weight excluding hydrogens is 436 g/mol. The van der Waals surface area contributed by atoms with Crippen LogP contribution in [0.25, 0.3) is 20.7 Å². The third-order valence-corrected chi connectivity index (χ3v) is 7.08. The molecule has 0 unspecified atom stereocenters. The van der Waals surface area contributed by atoms with Crippen LogP contribution in [0.3, 0.4) is 0 Å². The molecule has 5 rings (SSSR count). The predicted octanol–water partition coefficient (Wildman–Crippen LogP) is 4.21. The zero-order valence-corrected chi connectivity index (χ0v) is 18.8. The highest BCUT2D eigenvalue weighted by molar-refractivity contribution is 7.21. The summed E-state index contributed by atoms with van der Waals surface area (Å²) in [6.07, 6.45) is 1.42. The van der Waals surface area contributed by atoms with Gasteiger partial charge in [0.1, 0.15) is 16.4 Å². The topological polar surface area (TPSA) is 98.3 Å². The molecule has 1 aliphatic heterocycles. The Balaban J connectivity index is 1.23. The van der Waals surface area contributed by atoms with Crippen LogP contribution >= 0.6 is 11.3 Å². The number of carbonyl (C=O) groups excluding carboxylic acids is 1. The highest BCUT2D eigenvalue weighted by Gasteiger charge is 2.26. The number of likely N-dealkylation sites (tertiary alicyclic amines) is 1. The summed E-state index contributed by atoms with van der Waals surface area (Å²) in [5.74, 6) is 0.529. The lowest BCUT2D eigenvalue weighted by Crippen LogP contribution is -2.38. The molecule has 0 saturated carbocycles. The van der Waals surface area contributed by atoms with Crippen molar-refractivity contribution in [2.45, 2.75) is 19.4 Å². The van der Waals surface area contributed by atoms with Crippen LogP contribution in [-0.2, 0) is 11.3 Å². The van der Waals surface area contributed by atoms with Crippen molar-refractivity contribution in [2.75, 3.05) is 18.4 Å². The zero-order chi connectivity index (χ0) is 22.8. The maximum absolute atomic E-state index is 12.6. The Morgan fingerprint density at radius 1 is 1.12 bits per heavy atom. The first kappa shape index (κ1) is 21.4. The first-order valence-corrected chi connectivity index (χ1v) is 11.8. The number of anilines is 1. The summed E-state index contributed by atoms with van der Waals surface area (Å²) in [5.41, 5.74) is 1.39. The Bertz CT molecular complexity index is 1340. The van der Waals surface area contributed by atoms with Gasteiger partial charge in [0.05, 0.1) is 17.6 Å². The van der Waals surface area contributed by atoms with Gasteiger partial charge in [-0.15, -0.1) is 11.3 Å². The standard InChI is InChI=1S/C25H24N4O3S/c30-20-9-5-4-8-19(20)26-23(31)17-10-12-29(13-11-17)15-22-27-24(32)18-14-21(33-25(18)28-22)16-6-2-1-3-7-16/h1-9,14,17,30H,10-13,15H2,(H,26,31)(H,27,28,32). The van der Waals surface area contributed by atoms with E-state index in [-0.39, 0.29) is 23.1 Å². The van der Waals surface area contributed by atoms with E-state index in [0.29, 0.717) is 36.3 Å². The van der Waals surface area contributed by atoms with Gasteiger partial charge < -0.3 is 15.4 Å². The molecule has 168 valence electrons. The first-order chi connectivity index (χ1) is 16.1. The van der Waals surface area contributed by atoms with Crippen molar-refractivity contribution in [2.24, 2.45) is 5.92 Å². The van der Waals surface area contributed by atoms with Gasteiger partial charge in [-0.25, -0.2) is 4.98 Å². The largest absolute Gasteiger partial charge is 0.506 e. The van der Waals surface area contributed by atoms with Crippen LogP contribution in [0.15, 0.2) is 65.5 Å². The molecule has 1 aliphatic rings. The maximum atomic E-state index is 12.6. The average molecular weight is 461 g/mol. The highest BCUT2D eigenvalue weighted by Crippen LogP contribution is 2.31. The van der Waals surface area contributed by atoms with E-state index in [1.54, 1.807) is 24.3 Å². The predicted molar refractivity (Wildman–Crippen MR) is 130 cm³/mol. The summed E-state index contributed by atoms with van der Waals surface area (Å²) in [6, 6.07) is 18.6. The summed E-state index contributed by atoms with van der Waals surface area (Å²) in [4.78, 5) is 36.9. The molecule has 0 aliphatic carbocycles. The van der Waals surface area contributed by atoms with E-state index in [2.05, 4.69) is 15.2 Å². The van der Waals surface area contributed by atoms with E-state index in [4.69, 9.17) is 4.98 Å². The number of benzene rings is 2. The average Bonchev–Trinajstić information content (AvgIpc) is 3.26. The number of phenolic OH excluding ortho intramolecular Hbond substituents is 1. The second kappa shape index (κ2) is 9.17. The van der Waals surface area contributed by atoms with Gasteiger partial charge in [0.2, 0.25) is 5.91 Å². The fourth-order valence-corrected chi connectivity index (χ4v) is 5.23. The quantitative estimate of drug-likeness (QED) is 0.388.